The van der Waals surface area contributed by atoms with E-state index < -0.39 is 5.97 Å². The molecule has 3 aromatic rings. The van der Waals surface area contributed by atoms with Gasteiger partial charge in [0, 0.05) is 5.69 Å². The van der Waals surface area contributed by atoms with E-state index in [9.17, 15) is 4.79 Å². The van der Waals surface area contributed by atoms with Gasteiger partial charge < -0.3 is 14.2 Å². The van der Waals surface area contributed by atoms with E-state index >= 15 is 0 Å². The number of pyridine rings is 1. The van der Waals surface area contributed by atoms with Crippen LogP contribution in [0.5, 0.6) is 11.6 Å². The predicted molar refractivity (Wildman–Crippen MR) is 92.7 cm³/mol. The Morgan fingerprint density at radius 3 is 2.48 bits per heavy atom. The number of nitrogens with zero attached hydrogens (tertiary/aromatic N) is 3. The van der Waals surface area contributed by atoms with Crippen molar-refractivity contribution in [1.29, 1.82) is 0 Å². The molecule has 0 amide bonds. The van der Waals surface area contributed by atoms with Gasteiger partial charge in [0.15, 0.2) is 5.65 Å². The SMILES string of the molecule is CCOC(=O)c1cc(C)nc2c1c(OC)nn2-c1ccc(OC)cc1. The molecule has 0 atom stereocenters. The van der Waals surface area contributed by atoms with Crippen LogP contribution in [0.2, 0.25) is 0 Å². The van der Waals surface area contributed by atoms with E-state index in [1.807, 2.05) is 31.2 Å². The number of fused-ring (bicyclic) bond motifs is 1. The van der Waals surface area contributed by atoms with E-state index in [0.29, 0.717) is 28.2 Å². The minimum Gasteiger partial charge on any atom is -0.497 e. The van der Waals surface area contributed by atoms with Crippen LogP contribution in [-0.2, 0) is 4.74 Å². The third-order valence-electron chi connectivity index (χ3n) is 3.74. The number of hydrogen-bond acceptors (Lipinski definition) is 6. The van der Waals surface area contributed by atoms with Crippen molar-refractivity contribution in [3.63, 3.8) is 0 Å². The summed E-state index contributed by atoms with van der Waals surface area (Å²) in [5.41, 5.74) is 2.39. The number of rotatable bonds is 5. The Balaban J connectivity index is 2.25. The maximum absolute atomic E-state index is 12.3. The molecule has 0 bridgehead atoms. The molecule has 130 valence electrons. The minimum absolute atomic E-state index is 0.288. The van der Waals surface area contributed by atoms with E-state index in [4.69, 9.17) is 14.2 Å². The molecule has 2 heterocycles. The Hall–Kier alpha value is -3.09. The van der Waals surface area contributed by atoms with Crippen LogP contribution < -0.4 is 9.47 Å². The van der Waals surface area contributed by atoms with E-state index in [1.165, 1.54) is 7.11 Å². The van der Waals surface area contributed by atoms with Gasteiger partial charge >= 0.3 is 5.97 Å². The Labute approximate surface area is 145 Å². The van der Waals surface area contributed by atoms with Gasteiger partial charge in [-0.3, -0.25) is 0 Å². The zero-order valence-corrected chi connectivity index (χ0v) is 14.6. The summed E-state index contributed by atoms with van der Waals surface area (Å²) in [6, 6.07) is 9.06. The van der Waals surface area contributed by atoms with Gasteiger partial charge in [-0.05, 0) is 44.2 Å². The first-order chi connectivity index (χ1) is 12.1. The van der Waals surface area contributed by atoms with Crippen LogP contribution in [-0.4, -0.2) is 41.6 Å². The molecule has 0 aliphatic carbocycles. The number of benzene rings is 1. The molecule has 0 spiro atoms. The summed E-state index contributed by atoms with van der Waals surface area (Å²) in [5.74, 6) is 0.635. The number of methoxy groups -OCH3 is 2. The molecule has 0 aliphatic rings. The standard InChI is InChI=1S/C18H19N3O4/c1-5-25-18(22)14-10-11(2)19-16-15(14)17(24-4)20-21(16)12-6-8-13(23-3)9-7-12/h6-10H,5H2,1-4H3. The molecule has 0 saturated heterocycles. The average molecular weight is 341 g/mol. The Morgan fingerprint density at radius 1 is 1.16 bits per heavy atom. The molecule has 1 aromatic carbocycles. The zero-order valence-electron chi connectivity index (χ0n) is 14.6. The average Bonchev–Trinajstić information content (AvgIpc) is 2.99. The van der Waals surface area contributed by atoms with Crippen LogP contribution in [0.1, 0.15) is 23.0 Å². The van der Waals surface area contributed by atoms with Gasteiger partial charge in [0.1, 0.15) is 5.75 Å². The summed E-state index contributed by atoms with van der Waals surface area (Å²) >= 11 is 0. The maximum atomic E-state index is 12.3. The topological polar surface area (TPSA) is 75.5 Å². The van der Waals surface area contributed by atoms with Crippen molar-refractivity contribution in [2.75, 3.05) is 20.8 Å². The lowest BCUT2D eigenvalue weighted by Gasteiger charge is -2.07. The fraction of sp³-hybridized carbons (Fsp3) is 0.278. The number of carbonyl (C=O) groups excluding carboxylic acids is 1. The van der Waals surface area contributed by atoms with Crippen molar-refractivity contribution in [1.82, 2.24) is 14.8 Å². The number of aromatic nitrogens is 3. The number of hydrogen-bond donors (Lipinski definition) is 0. The molecule has 0 aliphatic heterocycles. The third-order valence-corrected chi connectivity index (χ3v) is 3.74. The van der Waals surface area contributed by atoms with Crippen LogP contribution in [0.4, 0.5) is 0 Å². The monoisotopic (exact) mass is 341 g/mol. The molecule has 7 heteroatoms. The van der Waals surface area contributed by atoms with E-state index in [1.54, 1.807) is 24.8 Å². The Bertz CT molecular complexity index is 916. The lowest BCUT2D eigenvalue weighted by atomic mass is 10.1. The second-order valence-corrected chi connectivity index (χ2v) is 5.35. The third kappa shape index (κ3) is 3.00. The molecule has 0 unspecified atom stereocenters. The van der Waals surface area contributed by atoms with E-state index in [-0.39, 0.29) is 6.61 Å². The number of ether oxygens (including phenoxy) is 3. The molecule has 7 nitrogen and oxygen atoms in total. The molecule has 2 aromatic heterocycles. The molecule has 25 heavy (non-hydrogen) atoms. The van der Waals surface area contributed by atoms with Crippen molar-refractivity contribution in [3.8, 4) is 17.3 Å². The second kappa shape index (κ2) is 6.80. The van der Waals surface area contributed by atoms with E-state index in [2.05, 4.69) is 10.1 Å². The van der Waals surface area contributed by atoms with Crippen molar-refractivity contribution >= 4 is 17.0 Å². The molecule has 3 rings (SSSR count). The van der Waals surface area contributed by atoms with E-state index in [0.717, 1.165) is 11.4 Å². The van der Waals surface area contributed by atoms with Crippen LogP contribution in [0.15, 0.2) is 30.3 Å². The highest BCUT2D eigenvalue weighted by Gasteiger charge is 2.22. The summed E-state index contributed by atoms with van der Waals surface area (Å²) in [5, 5.41) is 4.99. The molecular formula is C18H19N3O4. The highest BCUT2D eigenvalue weighted by Crippen LogP contribution is 2.30. The van der Waals surface area contributed by atoms with Gasteiger partial charge in [0.25, 0.3) is 0 Å². The first-order valence-electron chi connectivity index (χ1n) is 7.85. The van der Waals surface area contributed by atoms with Crippen LogP contribution in [0.25, 0.3) is 16.7 Å². The molecule has 0 saturated carbocycles. The molecule has 0 radical (unpaired) electrons. The van der Waals surface area contributed by atoms with Gasteiger partial charge in [0.2, 0.25) is 5.88 Å². The minimum atomic E-state index is -0.425. The largest absolute Gasteiger partial charge is 0.497 e. The number of esters is 1. The summed E-state index contributed by atoms with van der Waals surface area (Å²) in [6.45, 7) is 3.87. The van der Waals surface area contributed by atoms with Gasteiger partial charge in [-0.25, -0.2) is 14.5 Å². The molecule has 0 N–H and O–H groups in total. The van der Waals surface area contributed by atoms with Gasteiger partial charge in [-0.1, -0.05) is 0 Å². The van der Waals surface area contributed by atoms with Crippen LogP contribution >= 0.6 is 0 Å². The lowest BCUT2D eigenvalue weighted by Crippen LogP contribution is -2.07. The van der Waals surface area contributed by atoms with Crippen molar-refractivity contribution in [2.45, 2.75) is 13.8 Å². The van der Waals surface area contributed by atoms with Crippen LogP contribution in [0, 0.1) is 6.92 Å². The number of aryl methyl sites for hydroxylation is 1. The Kier molecular flexibility index (Phi) is 4.56. The number of carbonyl (C=O) groups is 1. The fourth-order valence-electron chi connectivity index (χ4n) is 2.63. The summed E-state index contributed by atoms with van der Waals surface area (Å²) in [7, 11) is 3.12. The van der Waals surface area contributed by atoms with Crippen LogP contribution in [0.3, 0.4) is 0 Å². The van der Waals surface area contributed by atoms with Gasteiger partial charge in [-0.15, -0.1) is 5.10 Å². The normalized spacial score (nSPS) is 10.7. The first-order valence-corrected chi connectivity index (χ1v) is 7.85. The van der Waals surface area contributed by atoms with Crippen molar-refractivity contribution in [3.05, 3.63) is 41.6 Å². The van der Waals surface area contributed by atoms with Crippen molar-refractivity contribution in [2.24, 2.45) is 0 Å². The predicted octanol–water partition coefficient (Wildman–Crippen LogP) is 2.92. The highest BCUT2D eigenvalue weighted by molar-refractivity contribution is 6.05. The summed E-state index contributed by atoms with van der Waals surface area (Å²) in [6.07, 6.45) is 0. The Morgan fingerprint density at radius 2 is 1.88 bits per heavy atom. The first kappa shape index (κ1) is 16.8. The maximum Gasteiger partial charge on any atom is 0.339 e. The molecule has 0 fully saturated rings. The smallest absolute Gasteiger partial charge is 0.339 e. The molecular weight excluding hydrogens is 322 g/mol. The summed E-state index contributed by atoms with van der Waals surface area (Å²) < 4.78 is 17.4. The quantitative estimate of drug-likeness (QED) is 0.664. The zero-order chi connectivity index (χ0) is 18.0. The van der Waals surface area contributed by atoms with Crippen molar-refractivity contribution < 1.29 is 19.0 Å². The second-order valence-electron chi connectivity index (χ2n) is 5.35. The van der Waals surface area contributed by atoms with Gasteiger partial charge in [-0.2, -0.15) is 0 Å². The fourth-order valence-corrected chi connectivity index (χ4v) is 2.63. The summed E-state index contributed by atoms with van der Waals surface area (Å²) in [4.78, 5) is 16.9. The highest BCUT2D eigenvalue weighted by atomic mass is 16.5. The lowest BCUT2D eigenvalue weighted by molar-refractivity contribution is 0.0528. The van der Waals surface area contributed by atoms with Gasteiger partial charge in [0.05, 0.1) is 37.5 Å².